The molecule has 5 aromatic rings. The molecule has 0 amide bonds. The fraction of sp³-hybridized carbons (Fsp3) is 0.125. The summed E-state index contributed by atoms with van der Waals surface area (Å²) < 4.78 is 18.1. The van der Waals surface area contributed by atoms with E-state index in [-0.39, 0.29) is 0 Å². The summed E-state index contributed by atoms with van der Waals surface area (Å²) in [6.45, 7) is 0.341. The van der Waals surface area contributed by atoms with Crippen molar-refractivity contribution in [1.29, 1.82) is 0 Å². The lowest BCUT2D eigenvalue weighted by atomic mass is 10.2. The number of nitrogens with one attached hydrogen (secondary N) is 1. The summed E-state index contributed by atoms with van der Waals surface area (Å²) in [4.78, 5) is 13.5. The highest BCUT2D eigenvalue weighted by atomic mass is 32.1. The first-order valence-corrected chi connectivity index (χ1v) is 10.8. The van der Waals surface area contributed by atoms with Crippen LogP contribution in [0.15, 0.2) is 67.0 Å². The highest BCUT2D eigenvalue weighted by Gasteiger charge is 2.13. The first-order chi connectivity index (χ1) is 15.7. The van der Waals surface area contributed by atoms with Crippen LogP contribution in [-0.2, 0) is 6.61 Å². The smallest absolute Gasteiger partial charge is 0.162 e. The Morgan fingerprint density at radius 2 is 1.78 bits per heavy atom. The molecular formula is C24H20N4O3S. The van der Waals surface area contributed by atoms with Crippen molar-refractivity contribution in [2.75, 3.05) is 19.5 Å². The van der Waals surface area contributed by atoms with E-state index in [0.717, 1.165) is 37.6 Å². The molecule has 0 unspecified atom stereocenters. The number of nitrogens with zero attached hydrogens (tertiary/aromatic N) is 3. The maximum atomic E-state index is 6.11. The van der Waals surface area contributed by atoms with Crippen molar-refractivity contribution < 1.29 is 14.2 Å². The van der Waals surface area contributed by atoms with Gasteiger partial charge in [0.05, 0.1) is 30.0 Å². The van der Waals surface area contributed by atoms with E-state index in [1.54, 1.807) is 25.6 Å². The Bertz CT molecular complexity index is 1370. The zero-order valence-corrected chi connectivity index (χ0v) is 18.3. The number of ether oxygens (including phenoxy) is 3. The Morgan fingerprint density at radius 3 is 2.62 bits per heavy atom. The molecule has 2 heterocycles. The molecule has 0 radical (unpaired) electrons. The van der Waals surface area contributed by atoms with Gasteiger partial charge in [-0.3, -0.25) is 0 Å². The summed E-state index contributed by atoms with van der Waals surface area (Å²) in [7, 11) is 3.25. The number of methoxy groups -OCH3 is 2. The van der Waals surface area contributed by atoms with Crippen LogP contribution in [-0.4, -0.2) is 29.2 Å². The van der Waals surface area contributed by atoms with Crippen LogP contribution in [0.4, 0.5) is 11.5 Å². The van der Waals surface area contributed by atoms with Gasteiger partial charge in [-0.15, -0.1) is 11.3 Å². The van der Waals surface area contributed by atoms with Crippen molar-refractivity contribution in [2.45, 2.75) is 6.61 Å². The van der Waals surface area contributed by atoms with Crippen LogP contribution in [0.3, 0.4) is 0 Å². The first kappa shape index (κ1) is 20.0. The molecule has 0 fully saturated rings. The Balaban J connectivity index is 1.47. The van der Waals surface area contributed by atoms with Crippen LogP contribution in [0, 0.1) is 0 Å². The van der Waals surface area contributed by atoms with Gasteiger partial charge in [-0.05, 0) is 30.3 Å². The van der Waals surface area contributed by atoms with Crippen LogP contribution in [0.5, 0.6) is 17.2 Å². The van der Waals surface area contributed by atoms with E-state index in [0.29, 0.717) is 23.9 Å². The lowest BCUT2D eigenvalue weighted by Gasteiger charge is -2.13. The summed E-state index contributed by atoms with van der Waals surface area (Å²) in [6.07, 6.45) is 1.52. The minimum Gasteiger partial charge on any atom is -0.497 e. The van der Waals surface area contributed by atoms with Gasteiger partial charge in [-0.25, -0.2) is 15.0 Å². The first-order valence-electron chi connectivity index (χ1n) is 9.94. The van der Waals surface area contributed by atoms with Gasteiger partial charge in [0.1, 0.15) is 29.5 Å². The molecular weight excluding hydrogens is 424 g/mol. The van der Waals surface area contributed by atoms with Crippen molar-refractivity contribution in [1.82, 2.24) is 15.0 Å². The van der Waals surface area contributed by atoms with Crippen LogP contribution in [0.1, 0.15) is 5.01 Å². The summed E-state index contributed by atoms with van der Waals surface area (Å²) in [5, 5.41) is 5.05. The molecule has 5 rings (SSSR count). The normalized spacial score (nSPS) is 10.9. The van der Waals surface area contributed by atoms with Crippen LogP contribution in [0.25, 0.3) is 21.1 Å². The van der Waals surface area contributed by atoms with Gasteiger partial charge in [0.2, 0.25) is 0 Å². The molecule has 0 saturated heterocycles. The number of aromatic nitrogens is 3. The van der Waals surface area contributed by atoms with E-state index >= 15 is 0 Å². The molecule has 8 heteroatoms. The Labute approximate surface area is 188 Å². The average Bonchev–Trinajstić information content (AvgIpc) is 3.25. The largest absolute Gasteiger partial charge is 0.497 e. The second-order valence-corrected chi connectivity index (χ2v) is 8.08. The fourth-order valence-corrected chi connectivity index (χ4v) is 4.28. The predicted octanol–water partition coefficient (Wildman–Crippen LogP) is 5.58. The van der Waals surface area contributed by atoms with E-state index in [1.807, 2.05) is 54.6 Å². The highest BCUT2D eigenvalue weighted by molar-refractivity contribution is 7.18. The number of rotatable bonds is 7. The van der Waals surface area contributed by atoms with Crippen molar-refractivity contribution in [3.05, 3.63) is 72.0 Å². The SMILES string of the molecule is COc1cccc(Nc2ncnc3cc(OC)c(OCc4nc5ccccc5s4)cc23)c1. The van der Waals surface area contributed by atoms with E-state index in [1.165, 1.54) is 6.33 Å². The average molecular weight is 445 g/mol. The monoisotopic (exact) mass is 444 g/mol. The standard InChI is InChI=1S/C24H20N4O3S/c1-29-16-7-5-6-15(10-16)27-24-17-11-21(20(30-2)12-19(17)25-14-26-24)31-13-23-28-18-8-3-4-9-22(18)32-23/h3-12,14H,13H2,1-2H3,(H,25,26,27). The topological polar surface area (TPSA) is 78.4 Å². The lowest BCUT2D eigenvalue weighted by molar-refractivity contribution is 0.285. The van der Waals surface area contributed by atoms with Gasteiger partial charge in [-0.1, -0.05) is 18.2 Å². The molecule has 0 aliphatic carbocycles. The molecule has 0 spiro atoms. The zero-order valence-electron chi connectivity index (χ0n) is 17.5. The van der Waals surface area contributed by atoms with Gasteiger partial charge < -0.3 is 19.5 Å². The molecule has 0 aliphatic heterocycles. The molecule has 0 aliphatic rings. The summed E-state index contributed by atoms with van der Waals surface area (Å²) >= 11 is 1.62. The van der Waals surface area contributed by atoms with Crippen LogP contribution < -0.4 is 19.5 Å². The third-order valence-electron chi connectivity index (χ3n) is 4.94. The van der Waals surface area contributed by atoms with E-state index in [9.17, 15) is 0 Å². The minimum absolute atomic E-state index is 0.341. The van der Waals surface area contributed by atoms with Crippen LogP contribution >= 0.6 is 11.3 Å². The van der Waals surface area contributed by atoms with Gasteiger partial charge >= 0.3 is 0 Å². The second kappa shape index (κ2) is 8.68. The second-order valence-electron chi connectivity index (χ2n) is 6.96. The zero-order chi connectivity index (χ0) is 21.9. The van der Waals surface area contributed by atoms with Crippen molar-refractivity contribution in [2.24, 2.45) is 0 Å². The molecule has 0 saturated carbocycles. The Hall–Kier alpha value is -3.91. The Kier molecular flexibility index (Phi) is 5.43. The number of thiazole rings is 1. The van der Waals surface area contributed by atoms with E-state index < -0.39 is 0 Å². The molecule has 0 bridgehead atoms. The fourth-order valence-electron chi connectivity index (χ4n) is 3.39. The maximum Gasteiger partial charge on any atom is 0.162 e. The number of anilines is 2. The highest BCUT2D eigenvalue weighted by Crippen LogP contribution is 2.36. The maximum absolute atomic E-state index is 6.11. The van der Waals surface area contributed by atoms with Gasteiger partial charge in [0.25, 0.3) is 0 Å². The summed E-state index contributed by atoms with van der Waals surface area (Å²) in [5.41, 5.74) is 2.58. The predicted molar refractivity (Wildman–Crippen MR) is 126 cm³/mol. The van der Waals surface area contributed by atoms with Gasteiger partial charge in [0, 0.05) is 23.2 Å². The van der Waals surface area contributed by atoms with Crippen LogP contribution in [0.2, 0.25) is 0 Å². The molecule has 160 valence electrons. The van der Waals surface area contributed by atoms with Gasteiger partial charge in [0.15, 0.2) is 11.5 Å². The molecule has 3 aromatic carbocycles. The summed E-state index contributed by atoms with van der Waals surface area (Å²) in [6, 6.07) is 19.4. The molecule has 32 heavy (non-hydrogen) atoms. The summed E-state index contributed by atoms with van der Waals surface area (Å²) in [5.74, 6) is 2.62. The number of fused-ring (bicyclic) bond motifs is 2. The van der Waals surface area contributed by atoms with Gasteiger partial charge in [-0.2, -0.15) is 0 Å². The molecule has 7 nitrogen and oxygen atoms in total. The lowest BCUT2D eigenvalue weighted by Crippen LogP contribution is -2.00. The minimum atomic E-state index is 0.341. The number of hydrogen-bond donors (Lipinski definition) is 1. The van der Waals surface area contributed by atoms with Crippen molar-refractivity contribution in [3.8, 4) is 17.2 Å². The third-order valence-corrected chi connectivity index (χ3v) is 5.95. The quantitative estimate of drug-likeness (QED) is 0.351. The number of hydrogen-bond acceptors (Lipinski definition) is 8. The number of para-hydroxylation sites is 1. The van der Waals surface area contributed by atoms with Crippen molar-refractivity contribution in [3.63, 3.8) is 0 Å². The third kappa shape index (κ3) is 4.00. The Morgan fingerprint density at radius 1 is 0.875 bits per heavy atom. The molecule has 2 aromatic heterocycles. The van der Waals surface area contributed by atoms with Crippen molar-refractivity contribution >= 4 is 44.0 Å². The molecule has 1 N–H and O–H groups in total. The van der Waals surface area contributed by atoms with E-state index in [2.05, 4.69) is 26.3 Å². The van der Waals surface area contributed by atoms with E-state index in [4.69, 9.17) is 14.2 Å². The molecule has 0 atom stereocenters. The number of benzene rings is 3.